The second kappa shape index (κ2) is 4.82. The Labute approximate surface area is 114 Å². The Kier molecular flexibility index (Phi) is 3.16. The van der Waals surface area contributed by atoms with Gasteiger partial charge in [0, 0.05) is 0 Å². The molecule has 1 aliphatic carbocycles. The predicted molar refractivity (Wildman–Crippen MR) is 78.8 cm³/mol. The summed E-state index contributed by atoms with van der Waals surface area (Å²) >= 11 is 0. The summed E-state index contributed by atoms with van der Waals surface area (Å²) in [5, 5.41) is 10.7. The van der Waals surface area contributed by atoms with Crippen LogP contribution in [0.4, 0.5) is 0 Å². The topological polar surface area (TPSA) is 20.2 Å². The van der Waals surface area contributed by atoms with E-state index in [0.717, 1.165) is 24.8 Å². The molecule has 1 heteroatoms. The van der Waals surface area contributed by atoms with Gasteiger partial charge in [-0.3, -0.25) is 0 Å². The molecule has 1 fully saturated rings. The van der Waals surface area contributed by atoms with Crippen molar-refractivity contribution in [1.82, 2.24) is 0 Å². The van der Waals surface area contributed by atoms with Crippen molar-refractivity contribution in [3.63, 3.8) is 0 Å². The van der Waals surface area contributed by atoms with Gasteiger partial charge in [-0.1, -0.05) is 61.5 Å². The van der Waals surface area contributed by atoms with Crippen LogP contribution in [-0.4, -0.2) is 5.11 Å². The number of aliphatic hydroxyl groups is 1. The first kappa shape index (κ1) is 12.4. The van der Waals surface area contributed by atoms with Gasteiger partial charge in [-0.05, 0) is 41.9 Å². The van der Waals surface area contributed by atoms with Crippen LogP contribution >= 0.6 is 0 Å². The lowest BCUT2D eigenvalue weighted by atomic mass is 9.90. The van der Waals surface area contributed by atoms with Crippen molar-refractivity contribution in [1.29, 1.82) is 0 Å². The lowest BCUT2D eigenvalue weighted by Gasteiger charge is -2.23. The zero-order valence-electron chi connectivity index (χ0n) is 11.3. The summed E-state index contributed by atoms with van der Waals surface area (Å²) in [5.74, 6) is 0.624. The van der Waals surface area contributed by atoms with Gasteiger partial charge >= 0.3 is 0 Å². The zero-order chi connectivity index (χ0) is 13.3. The van der Waals surface area contributed by atoms with Gasteiger partial charge < -0.3 is 5.11 Å². The molecule has 0 amide bonds. The molecule has 0 heterocycles. The van der Waals surface area contributed by atoms with Crippen molar-refractivity contribution in [2.75, 3.05) is 0 Å². The molecule has 1 aliphatic rings. The lowest BCUT2D eigenvalue weighted by molar-refractivity contribution is 0.0408. The molecular weight excluding hydrogens is 232 g/mol. The molecular formula is C18H20O. The molecule has 1 saturated carbocycles. The normalized spacial score (nSPS) is 26.5. The van der Waals surface area contributed by atoms with E-state index in [1.807, 2.05) is 6.07 Å². The monoisotopic (exact) mass is 252 g/mol. The van der Waals surface area contributed by atoms with Crippen LogP contribution in [0.1, 0.15) is 31.7 Å². The number of hydrogen-bond donors (Lipinski definition) is 1. The van der Waals surface area contributed by atoms with Crippen LogP contribution in [-0.2, 0) is 5.60 Å². The van der Waals surface area contributed by atoms with Crippen LogP contribution in [0.3, 0.4) is 0 Å². The van der Waals surface area contributed by atoms with Crippen molar-refractivity contribution in [3.8, 4) is 11.1 Å². The fourth-order valence-electron chi connectivity index (χ4n) is 3.13. The van der Waals surface area contributed by atoms with E-state index in [9.17, 15) is 5.11 Å². The van der Waals surface area contributed by atoms with Crippen LogP contribution in [0.15, 0.2) is 54.6 Å². The molecule has 2 unspecified atom stereocenters. The van der Waals surface area contributed by atoms with Crippen LogP contribution in [0.5, 0.6) is 0 Å². The van der Waals surface area contributed by atoms with Gasteiger partial charge in [-0.25, -0.2) is 0 Å². The van der Waals surface area contributed by atoms with Crippen molar-refractivity contribution in [2.24, 2.45) is 5.92 Å². The standard InChI is InChI=1S/C18H20O/c1-14-11-12-18(19,13-14)17-9-7-16(8-10-17)15-5-3-2-4-6-15/h2-10,14,19H,11-13H2,1H3. The van der Waals surface area contributed by atoms with Gasteiger partial charge in [-0.2, -0.15) is 0 Å². The van der Waals surface area contributed by atoms with E-state index in [2.05, 4.69) is 55.5 Å². The van der Waals surface area contributed by atoms with E-state index in [0.29, 0.717) is 5.92 Å². The minimum absolute atomic E-state index is 0.603. The molecule has 19 heavy (non-hydrogen) atoms. The summed E-state index contributed by atoms with van der Waals surface area (Å²) in [7, 11) is 0. The quantitative estimate of drug-likeness (QED) is 0.842. The highest BCUT2D eigenvalue weighted by Gasteiger charge is 2.36. The molecule has 2 aromatic rings. The minimum atomic E-state index is -0.603. The predicted octanol–water partition coefficient (Wildman–Crippen LogP) is 4.36. The first-order valence-corrected chi connectivity index (χ1v) is 7.06. The van der Waals surface area contributed by atoms with Crippen LogP contribution in [0, 0.1) is 5.92 Å². The van der Waals surface area contributed by atoms with Gasteiger partial charge in [0.25, 0.3) is 0 Å². The molecule has 1 N–H and O–H groups in total. The van der Waals surface area contributed by atoms with E-state index in [1.165, 1.54) is 11.1 Å². The average molecular weight is 252 g/mol. The SMILES string of the molecule is CC1CCC(O)(c2ccc(-c3ccccc3)cc2)C1. The van der Waals surface area contributed by atoms with Crippen LogP contribution < -0.4 is 0 Å². The van der Waals surface area contributed by atoms with Gasteiger partial charge in [0.05, 0.1) is 5.60 Å². The van der Waals surface area contributed by atoms with E-state index in [1.54, 1.807) is 0 Å². The van der Waals surface area contributed by atoms with Crippen molar-refractivity contribution >= 4 is 0 Å². The Bertz CT molecular complexity index is 544. The Hall–Kier alpha value is -1.60. The third-order valence-corrected chi connectivity index (χ3v) is 4.27. The van der Waals surface area contributed by atoms with Gasteiger partial charge in [0.1, 0.15) is 0 Å². The summed E-state index contributed by atoms with van der Waals surface area (Å²) in [6.07, 6.45) is 2.90. The average Bonchev–Trinajstić information content (AvgIpc) is 2.81. The summed E-state index contributed by atoms with van der Waals surface area (Å²) in [4.78, 5) is 0. The second-order valence-electron chi connectivity index (χ2n) is 5.82. The second-order valence-corrected chi connectivity index (χ2v) is 5.82. The molecule has 0 radical (unpaired) electrons. The van der Waals surface area contributed by atoms with Gasteiger partial charge in [-0.15, -0.1) is 0 Å². The maximum Gasteiger partial charge on any atom is 0.0899 e. The smallest absolute Gasteiger partial charge is 0.0899 e. The summed E-state index contributed by atoms with van der Waals surface area (Å²) in [6.45, 7) is 2.22. The summed E-state index contributed by atoms with van der Waals surface area (Å²) in [5.41, 5.74) is 2.89. The fourth-order valence-corrected chi connectivity index (χ4v) is 3.13. The summed E-state index contributed by atoms with van der Waals surface area (Å²) in [6, 6.07) is 18.8. The van der Waals surface area contributed by atoms with Crippen molar-refractivity contribution in [3.05, 3.63) is 60.2 Å². The minimum Gasteiger partial charge on any atom is -0.385 e. The lowest BCUT2D eigenvalue weighted by Crippen LogP contribution is -2.21. The molecule has 98 valence electrons. The largest absolute Gasteiger partial charge is 0.385 e. The molecule has 0 aromatic heterocycles. The Balaban J connectivity index is 1.87. The fraction of sp³-hybridized carbons (Fsp3) is 0.333. The maximum absolute atomic E-state index is 10.7. The van der Waals surface area contributed by atoms with Crippen LogP contribution in [0.2, 0.25) is 0 Å². The third-order valence-electron chi connectivity index (χ3n) is 4.27. The molecule has 2 aromatic carbocycles. The molecule has 2 atom stereocenters. The molecule has 0 spiro atoms. The van der Waals surface area contributed by atoms with Gasteiger partial charge in [0.15, 0.2) is 0 Å². The molecule has 1 nitrogen and oxygen atoms in total. The first-order chi connectivity index (χ1) is 9.17. The highest BCUT2D eigenvalue weighted by molar-refractivity contribution is 5.63. The Morgan fingerprint density at radius 2 is 1.58 bits per heavy atom. The van der Waals surface area contributed by atoms with E-state index in [4.69, 9.17) is 0 Å². The maximum atomic E-state index is 10.7. The van der Waals surface area contributed by atoms with Crippen LogP contribution in [0.25, 0.3) is 11.1 Å². The summed E-state index contributed by atoms with van der Waals surface area (Å²) < 4.78 is 0. The molecule has 0 bridgehead atoms. The third kappa shape index (κ3) is 2.43. The van der Waals surface area contributed by atoms with Crippen molar-refractivity contribution in [2.45, 2.75) is 31.8 Å². The van der Waals surface area contributed by atoms with E-state index < -0.39 is 5.60 Å². The van der Waals surface area contributed by atoms with E-state index in [-0.39, 0.29) is 0 Å². The van der Waals surface area contributed by atoms with E-state index >= 15 is 0 Å². The van der Waals surface area contributed by atoms with Gasteiger partial charge in [0.2, 0.25) is 0 Å². The zero-order valence-corrected chi connectivity index (χ0v) is 11.3. The number of hydrogen-bond acceptors (Lipinski definition) is 1. The highest BCUT2D eigenvalue weighted by atomic mass is 16.3. The Morgan fingerprint density at radius 1 is 0.947 bits per heavy atom. The number of benzene rings is 2. The number of rotatable bonds is 2. The molecule has 0 saturated heterocycles. The highest BCUT2D eigenvalue weighted by Crippen LogP contribution is 2.42. The first-order valence-electron chi connectivity index (χ1n) is 7.06. The molecule has 3 rings (SSSR count). The Morgan fingerprint density at radius 3 is 2.16 bits per heavy atom. The van der Waals surface area contributed by atoms with Crippen molar-refractivity contribution < 1.29 is 5.11 Å². The molecule has 0 aliphatic heterocycles.